The van der Waals surface area contributed by atoms with Crippen LogP contribution in [0.3, 0.4) is 0 Å². The summed E-state index contributed by atoms with van der Waals surface area (Å²) in [6, 6.07) is 0.753. The van der Waals surface area contributed by atoms with Crippen molar-refractivity contribution in [2.24, 2.45) is 41.5 Å². The lowest BCUT2D eigenvalue weighted by molar-refractivity contribution is 0.0178. The molecule has 2 spiro atoms. The third kappa shape index (κ3) is 0.472. The van der Waals surface area contributed by atoms with E-state index >= 15 is 0 Å². The third-order valence-electron chi connectivity index (χ3n) is 8.16. The van der Waals surface area contributed by atoms with Gasteiger partial charge in [0, 0.05) is 17.9 Å². The number of hydrogen-bond acceptors (Lipinski definition) is 2. The van der Waals surface area contributed by atoms with Gasteiger partial charge in [-0.05, 0) is 36.5 Å². The highest BCUT2D eigenvalue weighted by molar-refractivity contribution is 5.49. The Kier molecular flexibility index (Phi) is 0.881. The van der Waals surface area contributed by atoms with Crippen LogP contribution in [-0.2, 0) is 7.05 Å². The van der Waals surface area contributed by atoms with Gasteiger partial charge in [0.1, 0.15) is 0 Å². The zero-order chi connectivity index (χ0) is 12.5. The lowest BCUT2D eigenvalue weighted by atomic mass is 9.73. The molecule has 5 fully saturated rings. The Morgan fingerprint density at radius 3 is 2.00 bits per heavy atom. The van der Waals surface area contributed by atoms with Crippen molar-refractivity contribution in [1.82, 2.24) is 13.9 Å². The Labute approximate surface area is 108 Å². The van der Waals surface area contributed by atoms with E-state index in [-0.39, 0.29) is 11.4 Å². The SMILES string of the molecule is Cn1c(=O)n2n(c1=O)[C@H]1[C@H]3C4C5[C@]6(CCC[C@@]516)[C@@H]2[C@H]43. The van der Waals surface area contributed by atoms with Gasteiger partial charge in [-0.3, -0.25) is 0 Å². The van der Waals surface area contributed by atoms with Crippen LogP contribution >= 0.6 is 0 Å². The maximum atomic E-state index is 12.4. The van der Waals surface area contributed by atoms with Crippen LogP contribution in [0.1, 0.15) is 31.3 Å². The van der Waals surface area contributed by atoms with Crippen molar-refractivity contribution < 1.29 is 0 Å². The minimum atomic E-state index is -0.0634. The molecule has 98 valence electrons. The fourth-order valence-electron chi connectivity index (χ4n) is 8.24. The standard InChI is InChI=1S/C14H15N3O2/c1-15-11(18)16-9-6-5-7(6)10(17(16)12(15)19)14-4-2-3-13(9,14)8(5)14/h5-10H,2-4H2,1H3/t5?,6-,7+,8?,9-,10-,13+,14+/m0/s1. The first kappa shape index (κ1) is 8.82. The summed E-state index contributed by atoms with van der Waals surface area (Å²) >= 11 is 0. The van der Waals surface area contributed by atoms with Crippen LogP contribution < -0.4 is 11.4 Å². The molecule has 0 radical (unpaired) electrons. The van der Waals surface area contributed by atoms with Gasteiger partial charge in [-0.1, -0.05) is 6.42 Å². The highest BCUT2D eigenvalue weighted by atomic mass is 16.2. The Morgan fingerprint density at radius 1 is 0.947 bits per heavy atom. The summed E-state index contributed by atoms with van der Waals surface area (Å²) in [5, 5.41) is 0. The van der Waals surface area contributed by atoms with E-state index in [1.54, 1.807) is 7.05 Å². The maximum Gasteiger partial charge on any atom is 0.347 e. The molecule has 3 heterocycles. The molecule has 1 aromatic heterocycles. The topological polar surface area (TPSA) is 48.9 Å². The van der Waals surface area contributed by atoms with Crippen LogP contribution in [0.25, 0.3) is 0 Å². The second-order valence-electron chi connectivity index (χ2n) is 7.85. The van der Waals surface area contributed by atoms with Gasteiger partial charge in [-0.15, -0.1) is 0 Å². The van der Waals surface area contributed by atoms with Gasteiger partial charge in [-0.25, -0.2) is 23.5 Å². The molecule has 8 atom stereocenters. The van der Waals surface area contributed by atoms with Crippen LogP contribution in [0.15, 0.2) is 9.59 Å². The van der Waals surface area contributed by atoms with E-state index in [0.29, 0.717) is 22.9 Å². The predicted molar refractivity (Wildman–Crippen MR) is 64.7 cm³/mol. The molecular formula is C14H15N3O2. The third-order valence-corrected chi connectivity index (χ3v) is 8.16. The Bertz CT molecular complexity index is 767. The molecule has 2 bridgehead atoms. The van der Waals surface area contributed by atoms with E-state index in [9.17, 15) is 9.59 Å². The fourth-order valence-corrected chi connectivity index (χ4v) is 8.24. The quantitative estimate of drug-likeness (QED) is 0.663. The van der Waals surface area contributed by atoms with Gasteiger partial charge in [0.25, 0.3) is 0 Å². The molecule has 5 nitrogen and oxygen atoms in total. The van der Waals surface area contributed by atoms with E-state index in [0.717, 1.165) is 23.7 Å². The van der Waals surface area contributed by atoms with E-state index < -0.39 is 0 Å². The van der Waals surface area contributed by atoms with Crippen molar-refractivity contribution in [3.05, 3.63) is 21.0 Å². The van der Waals surface area contributed by atoms with Crippen LogP contribution in [0.2, 0.25) is 0 Å². The highest BCUT2D eigenvalue weighted by Gasteiger charge is 3.03. The lowest BCUT2D eigenvalue weighted by Gasteiger charge is -2.45. The predicted octanol–water partition coefficient (Wildman–Crippen LogP) is 0.120. The maximum absolute atomic E-state index is 12.4. The van der Waals surface area contributed by atoms with Gasteiger partial charge in [0.05, 0.1) is 12.1 Å². The van der Waals surface area contributed by atoms with Crippen LogP contribution in [-0.4, -0.2) is 13.9 Å². The molecular weight excluding hydrogens is 242 g/mol. The van der Waals surface area contributed by atoms with Crippen LogP contribution in [0, 0.1) is 34.5 Å². The fraction of sp³-hybridized carbons (Fsp3) is 0.857. The minimum absolute atomic E-state index is 0.0634. The number of rotatable bonds is 0. The van der Waals surface area contributed by atoms with E-state index in [4.69, 9.17) is 0 Å². The van der Waals surface area contributed by atoms with Crippen LogP contribution in [0.4, 0.5) is 0 Å². The number of aromatic nitrogens is 3. The largest absolute Gasteiger partial charge is 0.347 e. The molecule has 0 saturated heterocycles. The first-order valence-corrected chi connectivity index (χ1v) is 7.58. The normalized spacial score (nSPS) is 63.2. The summed E-state index contributed by atoms with van der Waals surface area (Å²) in [4.78, 5) is 24.9. The Balaban J connectivity index is 1.71. The smallest absolute Gasteiger partial charge is 0.246 e. The Hall–Kier alpha value is -1.26. The van der Waals surface area contributed by atoms with E-state index in [1.807, 2.05) is 9.36 Å². The van der Waals surface area contributed by atoms with Crippen LogP contribution in [0.5, 0.6) is 0 Å². The van der Waals surface area contributed by atoms with E-state index in [1.165, 1.54) is 23.8 Å². The summed E-state index contributed by atoms with van der Waals surface area (Å²) in [6.07, 6.45) is 3.94. The summed E-state index contributed by atoms with van der Waals surface area (Å²) in [5.74, 6) is 3.23. The minimum Gasteiger partial charge on any atom is -0.246 e. The van der Waals surface area contributed by atoms with Gasteiger partial charge in [0.2, 0.25) is 0 Å². The summed E-state index contributed by atoms with van der Waals surface area (Å²) < 4.78 is 5.11. The summed E-state index contributed by atoms with van der Waals surface area (Å²) in [5.41, 5.74) is 0.761. The molecule has 8 rings (SSSR count). The first-order valence-electron chi connectivity index (χ1n) is 7.58. The molecule has 1 aromatic rings. The molecule has 5 heteroatoms. The van der Waals surface area contributed by atoms with Gasteiger partial charge < -0.3 is 0 Å². The molecule has 5 saturated carbocycles. The molecule has 7 aliphatic rings. The summed E-state index contributed by atoms with van der Waals surface area (Å²) in [6.45, 7) is 0. The van der Waals surface area contributed by atoms with Crippen molar-refractivity contribution in [1.29, 1.82) is 0 Å². The number of nitrogens with zero attached hydrogens (tertiary/aromatic N) is 3. The molecule has 19 heavy (non-hydrogen) atoms. The van der Waals surface area contributed by atoms with E-state index in [2.05, 4.69) is 0 Å². The molecule has 0 aromatic carbocycles. The monoisotopic (exact) mass is 257 g/mol. The van der Waals surface area contributed by atoms with Crippen molar-refractivity contribution in [2.75, 3.05) is 0 Å². The average molecular weight is 257 g/mol. The van der Waals surface area contributed by atoms with Gasteiger partial charge >= 0.3 is 11.4 Å². The van der Waals surface area contributed by atoms with Crippen molar-refractivity contribution in [2.45, 2.75) is 31.3 Å². The van der Waals surface area contributed by atoms with Crippen molar-refractivity contribution >= 4 is 0 Å². The zero-order valence-electron chi connectivity index (χ0n) is 10.7. The highest BCUT2D eigenvalue weighted by Crippen LogP contribution is 3.05. The summed E-state index contributed by atoms with van der Waals surface area (Å²) in [7, 11) is 1.64. The molecule has 0 N–H and O–H groups in total. The Morgan fingerprint density at radius 2 is 1.47 bits per heavy atom. The average Bonchev–Trinajstić information content (AvgIpc) is 3.01. The molecule has 5 aliphatic carbocycles. The molecule has 0 amide bonds. The second-order valence-corrected chi connectivity index (χ2v) is 7.85. The zero-order valence-corrected chi connectivity index (χ0v) is 10.7. The van der Waals surface area contributed by atoms with Crippen molar-refractivity contribution in [3.8, 4) is 0 Å². The lowest BCUT2D eigenvalue weighted by Crippen LogP contribution is -2.51. The second kappa shape index (κ2) is 1.90. The molecule has 2 unspecified atom stereocenters. The van der Waals surface area contributed by atoms with Crippen molar-refractivity contribution in [3.63, 3.8) is 0 Å². The van der Waals surface area contributed by atoms with Gasteiger partial charge in [0.15, 0.2) is 0 Å². The first-order chi connectivity index (χ1) is 9.18. The number of hydrogen-bond donors (Lipinski definition) is 0. The molecule has 2 aliphatic heterocycles. The van der Waals surface area contributed by atoms with Gasteiger partial charge in [-0.2, -0.15) is 0 Å².